The lowest BCUT2D eigenvalue weighted by molar-refractivity contribution is 0.385. The van der Waals surface area contributed by atoms with Gasteiger partial charge in [-0.1, -0.05) is 37.6 Å². The van der Waals surface area contributed by atoms with Crippen LogP contribution in [0.15, 0.2) is 29.2 Å². The van der Waals surface area contributed by atoms with Crippen LogP contribution in [-0.4, -0.2) is 47.0 Å². The first-order valence-electron chi connectivity index (χ1n) is 7.23. The van der Waals surface area contributed by atoms with E-state index in [0.29, 0.717) is 18.9 Å². The zero-order chi connectivity index (χ0) is 17.7. The highest BCUT2D eigenvalue weighted by Crippen LogP contribution is 2.19. The summed E-state index contributed by atoms with van der Waals surface area (Å²) in [5.41, 5.74) is 0. The molecule has 0 spiro atoms. The highest BCUT2D eigenvalue weighted by atomic mass is 35.5. The number of sulfonamides is 2. The first-order chi connectivity index (χ1) is 10.5. The van der Waals surface area contributed by atoms with Crippen LogP contribution in [-0.2, 0) is 20.0 Å². The fourth-order valence-corrected chi connectivity index (χ4v) is 4.29. The highest BCUT2D eigenvalue weighted by molar-refractivity contribution is 7.89. The molecule has 1 N–H and O–H groups in total. The van der Waals surface area contributed by atoms with Gasteiger partial charge < -0.3 is 0 Å². The molecule has 23 heavy (non-hydrogen) atoms. The lowest BCUT2D eigenvalue weighted by atomic mass is 10.1. The second-order valence-electron chi connectivity index (χ2n) is 5.67. The smallest absolute Gasteiger partial charge is 0.213 e. The monoisotopic (exact) mass is 382 g/mol. The summed E-state index contributed by atoms with van der Waals surface area (Å²) < 4.78 is 51.5. The standard InChI is InChI=1S/C14H23ClN2O4S2/c1-12(2)8-10-17(22(3,18)19)11-9-16-23(20,21)14-7-5-4-6-13(14)15/h4-7,12,16H,8-11H2,1-3H3. The predicted octanol–water partition coefficient (Wildman–Crippen LogP) is 1.93. The molecule has 0 aliphatic rings. The molecule has 0 aromatic heterocycles. The summed E-state index contributed by atoms with van der Waals surface area (Å²) in [4.78, 5) is -0.0187. The molecule has 1 rings (SSSR count). The molecule has 0 saturated heterocycles. The molecule has 132 valence electrons. The fourth-order valence-electron chi connectivity index (χ4n) is 1.89. The van der Waals surface area contributed by atoms with Crippen molar-refractivity contribution in [3.8, 4) is 0 Å². The van der Waals surface area contributed by atoms with E-state index in [2.05, 4.69) is 4.72 Å². The Morgan fingerprint density at radius 1 is 1.13 bits per heavy atom. The molecule has 0 saturated carbocycles. The summed E-state index contributed by atoms with van der Waals surface area (Å²) in [5.74, 6) is 0.360. The highest BCUT2D eigenvalue weighted by Gasteiger charge is 2.20. The molecule has 0 unspecified atom stereocenters. The first kappa shape index (κ1) is 20.4. The van der Waals surface area contributed by atoms with Crippen LogP contribution in [0.4, 0.5) is 0 Å². The van der Waals surface area contributed by atoms with E-state index >= 15 is 0 Å². The maximum atomic E-state index is 12.2. The van der Waals surface area contributed by atoms with Crippen LogP contribution in [0.3, 0.4) is 0 Å². The zero-order valence-electron chi connectivity index (χ0n) is 13.5. The van der Waals surface area contributed by atoms with Crippen LogP contribution in [0, 0.1) is 5.92 Å². The Labute approximate surface area is 143 Å². The van der Waals surface area contributed by atoms with Gasteiger partial charge in [0, 0.05) is 19.6 Å². The molecule has 9 heteroatoms. The predicted molar refractivity (Wildman–Crippen MR) is 92.5 cm³/mol. The molecule has 0 bridgehead atoms. The Kier molecular flexibility index (Phi) is 7.47. The van der Waals surface area contributed by atoms with Gasteiger partial charge >= 0.3 is 0 Å². The van der Waals surface area contributed by atoms with E-state index in [9.17, 15) is 16.8 Å². The molecule has 1 aromatic carbocycles. The van der Waals surface area contributed by atoms with Crippen LogP contribution in [0.1, 0.15) is 20.3 Å². The summed E-state index contributed by atoms with van der Waals surface area (Å²) in [5, 5.41) is 0.125. The number of hydrogen-bond acceptors (Lipinski definition) is 4. The van der Waals surface area contributed by atoms with Crippen molar-refractivity contribution in [1.82, 2.24) is 9.03 Å². The Hall–Kier alpha value is -0.670. The Morgan fingerprint density at radius 3 is 2.26 bits per heavy atom. The minimum Gasteiger partial charge on any atom is -0.213 e. The van der Waals surface area contributed by atoms with Crippen molar-refractivity contribution in [2.24, 2.45) is 5.92 Å². The van der Waals surface area contributed by atoms with Crippen LogP contribution >= 0.6 is 11.6 Å². The van der Waals surface area contributed by atoms with Gasteiger partial charge in [-0.3, -0.25) is 0 Å². The SMILES string of the molecule is CC(C)CCN(CCNS(=O)(=O)c1ccccc1Cl)S(C)(=O)=O. The third-order valence-electron chi connectivity index (χ3n) is 3.20. The van der Waals surface area contributed by atoms with Gasteiger partial charge in [-0.05, 0) is 24.5 Å². The van der Waals surface area contributed by atoms with Crippen molar-refractivity contribution in [3.05, 3.63) is 29.3 Å². The van der Waals surface area contributed by atoms with E-state index < -0.39 is 20.0 Å². The third kappa shape index (κ3) is 6.76. The van der Waals surface area contributed by atoms with E-state index in [1.54, 1.807) is 12.1 Å². The quantitative estimate of drug-likeness (QED) is 0.707. The normalized spacial score (nSPS) is 13.0. The van der Waals surface area contributed by atoms with Gasteiger partial charge in [0.1, 0.15) is 4.90 Å². The lowest BCUT2D eigenvalue weighted by Gasteiger charge is -2.21. The average Bonchev–Trinajstić information content (AvgIpc) is 2.41. The number of hydrogen-bond donors (Lipinski definition) is 1. The molecular formula is C14H23ClN2O4S2. The molecule has 1 aromatic rings. The average molecular weight is 383 g/mol. The largest absolute Gasteiger partial charge is 0.242 e. The molecule has 0 aliphatic carbocycles. The summed E-state index contributed by atoms with van der Waals surface area (Å²) in [6, 6.07) is 6.10. The number of nitrogens with one attached hydrogen (secondary N) is 1. The van der Waals surface area contributed by atoms with Crippen molar-refractivity contribution < 1.29 is 16.8 Å². The molecule has 0 aliphatic heterocycles. The lowest BCUT2D eigenvalue weighted by Crippen LogP contribution is -2.39. The maximum Gasteiger partial charge on any atom is 0.242 e. The van der Waals surface area contributed by atoms with E-state index in [0.717, 1.165) is 6.26 Å². The molecular weight excluding hydrogens is 360 g/mol. The Bertz CT molecular complexity index is 718. The third-order valence-corrected chi connectivity index (χ3v) is 6.47. The minimum absolute atomic E-state index is 0.0152. The van der Waals surface area contributed by atoms with Crippen molar-refractivity contribution >= 4 is 31.6 Å². The van der Waals surface area contributed by atoms with Crippen LogP contribution in [0.2, 0.25) is 5.02 Å². The van der Waals surface area contributed by atoms with Gasteiger partial charge in [0.2, 0.25) is 20.0 Å². The topological polar surface area (TPSA) is 83.6 Å². The zero-order valence-corrected chi connectivity index (χ0v) is 15.9. The Morgan fingerprint density at radius 2 is 1.74 bits per heavy atom. The summed E-state index contributed by atoms with van der Waals surface area (Å²) in [6.45, 7) is 4.43. The number of nitrogens with zero attached hydrogens (tertiary/aromatic N) is 1. The van der Waals surface area contributed by atoms with Crippen molar-refractivity contribution in [2.75, 3.05) is 25.9 Å². The maximum absolute atomic E-state index is 12.2. The molecule has 0 heterocycles. The minimum atomic E-state index is -3.77. The molecule has 0 amide bonds. The summed E-state index contributed by atoms with van der Waals surface area (Å²) >= 11 is 5.88. The second-order valence-corrected chi connectivity index (χ2v) is 9.80. The number of rotatable bonds is 9. The second kappa shape index (κ2) is 8.43. The molecule has 0 atom stereocenters. The molecule has 6 nitrogen and oxygen atoms in total. The van der Waals surface area contributed by atoms with Gasteiger partial charge in [-0.15, -0.1) is 0 Å². The van der Waals surface area contributed by atoms with Crippen LogP contribution in [0.25, 0.3) is 0 Å². The van der Waals surface area contributed by atoms with Crippen molar-refractivity contribution in [2.45, 2.75) is 25.2 Å². The number of benzene rings is 1. The summed E-state index contributed by atoms with van der Waals surface area (Å²) in [6.07, 6.45) is 1.83. The Balaban J connectivity index is 2.71. The first-order valence-corrected chi connectivity index (χ1v) is 10.9. The van der Waals surface area contributed by atoms with Gasteiger partial charge in [0.25, 0.3) is 0 Å². The van der Waals surface area contributed by atoms with Crippen LogP contribution < -0.4 is 4.72 Å². The fraction of sp³-hybridized carbons (Fsp3) is 0.571. The summed E-state index contributed by atoms with van der Waals surface area (Å²) in [7, 11) is -7.15. The van der Waals surface area contributed by atoms with Gasteiger partial charge in [-0.2, -0.15) is 0 Å². The van der Waals surface area contributed by atoms with Crippen LogP contribution in [0.5, 0.6) is 0 Å². The van der Waals surface area contributed by atoms with E-state index in [1.807, 2.05) is 13.8 Å². The van der Waals surface area contributed by atoms with Crippen molar-refractivity contribution in [3.63, 3.8) is 0 Å². The number of halogens is 1. The van der Waals surface area contributed by atoms with Gasteiger partial charge in [0.15, 0.2) is 0 Å². The van der Waals surface area contributed by atoms with Gasteiger partial charge in [-0.25, -0.2) is 25.9 Å². The van der Waals surface area contributed by atoms with Crippen molar-refractivity contribution in [1.29, 1.82) is 0 Å². The van der Waals surface area contributed by atoms with Gasteiger partial charge in [0.05, 0.1) is 11.3 Å². The molecule has 0 radical (unpaired) electrons. The molecule has 0 fully saturated rings. The van der Waals surface area contributed by atoms with E-state index in [1.165, 1.54) is 16.4 Å². The van der Waals surface area contributed by atoms with E-state index in [-0.39, 0.29) is 23.0 Å². The van der Waals surface area contributed by atoms with E-state index in [4.69, 9.17) is 11.6 Å².